The minimum Gasteiger partial charge on any atom is -0.464 e. The van der Waals surface area contributed by atoms with Crippen LogP contribution in [0.5, 0.6) is 0 Å². The van der Waals surface area contributed by atoms with E-state index >= 15 is 0 Å². The molecule has 0 saturated heterocycles. The number of benzene rings is 2. The van der Waals surface area contributed by atoms with Crippen LogP contribution >= 0.6 is 0 Å². The maximum atomic E-state index is 14.4. The quantitative estimate of drug-likeness (QED) is 0.448. The first-order chi connectivity index (χ1) is 15.9. The van der Waals surface area contributed by atoms with Crippen LogP contribution in [0.15, 0.2) is 69.5 Å². The van der Waals surface area contributed by atoms with Crippen LogP contribution in [0, 0.1) is 12.7 Å². The van der Waals surface area contributed by atoms with Crippen molar-refractivity contribution < 1.29 is 8.81 Å². The molecule has 0 amide bonds. The van der Waals surface area contributed by atoms with Crippen molar-refractivity contribution in [1.29, 1.82) is 0 Å². The summed E-state index contributed by atoms with van der Waals surface area (Å²) in [6.07, 6.45) is 5.79. The van der Waals surface area contributed by atoms with Crippen molar-refractivity contribution in [3.63, 3.8) is 0 Å². The highest BCUT2D eigenvalue weighted by atomic mass is 19.1. The normalized spacial score (nSPS) is 17.1. The SMILES string of the molecule is Cc1coc2ccc(C3=NC(C)N=C(NC(C)c4cc(F)cc(-c5cnn(C)c5)c4)C3)cc12. The van der Waals surface area contributed by atoms with Crippen molar-refractivity contribution in [2.24, 2.45) is 17.0 Å². The van der Waals surface area contributed by atoms with Crippen molar-refractivity contribution in [2.45, 2.75) is 39.4 Å². The van der Waals surface area contributed by atoms with E-state index in [1.54, 1.807) is 23.2 Å². The summed E-state index contributed by atoms with van der Waals surface area (Å²) in [5.74, 6) is 0.571. The Labute approximate surface area is 191 Å². The van der Waals surface area contributed by atoms with E-state index in [0.29, 0.717) is 6.42 Å². The number of rotatable bonds is 4. The molecule has 2 atom stereocenters. The van der Waals surface area contributed by atoms with Gasteiger partial charge < -0.3 is 9.73 Å². The van der Waals surface area contributed by atoms with Gasteiger partial charge in [0.15, 0.2) is 0 Å². The van der Waals surface area contributed by atoms with E-state index < -0.39 is 0 Å². The van der Waals surface area contributed by atoms with Crippen molar-refractivity contribution >= 4 is 22.5 Å². The van der Waals surface area contributed by atoms with Gasteiger partial charge in [-0.25, -0.2) is 9.38 Å². The molecular formula is C26H26FN5O. The molecule has 3 heterocycles. The molecule has 2 unspecified atom stereocenters. The molecule has 1 aliphatic heterocycles. The molecule has 0 bridgehead atoms. The predicted molar refractivity (Wildman–Crippen MR) is 129 cm³/mol. The standard InChI is InChI=1S/C26H26FN5O/c1-15-14-33-25-6-5-18(10-23(15)25)24-11-26(31-17(3)30-24)29-16(2)19-7-20(9-22(27)8-19)21-12-28-32(4)13-21/h5-10,12-14,16-17H,11H2,1-4H3,(H,29,31). The molecule has 2 aromatic carbocycles. The minimum absolute atomic E-state index is 0.125. The van der Waals surface area contributed by atoms with Gasteiger partial charge in [-0.05, 0) is 79.4 Å². The van der Waals surface area contributed by atoms with E-state index in [2.05, 4.69) is 16.5 Å². The average Bonchev–Trinajstić information content (AvgIpc) is 3.38. The van der Waals surface area contributed by atoms with Gasteiger partial charge in [0.05, 0.1) is 18.2 Å². The fourth-order valence-corrected chi connectivity index (χ4v) is 4.26. The van der Waals surface area contributed by atoms with E-state index in [0.717, 1.165) is 50.3 Å². The predicted octanol–water partition coefficient (Wildman–Crippen LogP) is 5.57. The van der Waals surface area contributed by atoms with Crippen LogP contribution < -0.4 is 5.32 Å². The van der Waals surface area contributed by atoms with Crippen LogP contribution in [-0.2, 0) is 7.05 Å². The van der Waals surface area contributed by atoms with Gasteiger partial charge in [0.1, 0.15) is 23.4 Å². The third-order valence-electron chi connectivity index (χ3n) is 5.96. The van der Waals surface area contributed by atoms with E-state index in [1.807, 2.05) is 52.2 Å². The Morgan fingerprint density at radius 3 is 2.76 bits per heavy atom. The van der Waals surface area contributed by atoms with Crippen LogP contribution in [0.2, 0.25) is 0 Å². The summed E-state index contributed by atoms with van der Waals surface area (Å²) in [7, 11) is 1.85. The molecule has 0 aliphatic carbocycles. The summed E-state index contributed by atoms with van der Waals surface area (Å²) in [6, 6.07) is 11.1. The summed E-state index contributed by atoms with van der Waals surface area (Å²) in [5.41, 5.74) is 6.55. The third-order valence-corrected chi connectivity index (χ3v) is 5.96. The topological polar surface area (TPSA) is 67.7 Å². The molecule has 0 fully saturated rings. The van der Waals surface area contributed by atoms with E-state index in [1.165, 1.54) is 6.07 Å². The Balaban J connectivity index is 1.37. The molecule has 1 aliphatic rings. The maximum Gasteiger partial charge on any atom is 0.139 e. The first kappa shape index (κ1) is 21.1. The summed E-state index contributed by atoms with van der Waals surface area (Å²) in [5, 5.41) is 8.77. The molecule has 0 saturated carbocycles. The summed E-state index contributed by atoms with van der Waals surface area (Å²) < 4.78 is 21.7. The molecule has 2 aromatic heterocycles. The second-order valence-electron chi connectivity index (χ2n) is 8.63. The van der Waals surface area contributed by atoms with E-state index in [4.69, 9.17) is 14.4 Å². The first-order valence-electron chi connectivity index (χ1n) is 11.0. The van der Waals surface area contributed by atoms with Gasteiger partial charge in [0.2, 0.25) is 0 Å². The Bertz CT molecular complexity index is 1400. The van der Waals surface area contributed by atoms with Crippen LogP contribution in [0.4, 0.5) is 4.39 Å². The fourth-order valence-electron chi connectivity index (χ4n) is 4.26. The molecule has 1 N–H and O–H groups in total. The monoisotopic (exact) mass is 443 g/mol. The van der Waals surface area contributed by atoms with Gasteiger partial charge in [-0.1, -0.05) is 0 Å². The lowest BCUT2D eigenvalue weighted by Crippen LogP contribution is -2.32. The van der Waals surface area contributed by atoms with Gasteiger partial charge in [-0.15, -0.1) is 0 Å². The Hall–Kier alpha value is -3.74. The molecule has 0 radical (unpaired) electrons. The highest BCUT2D eigenvalue weighted by Crippen LogP contribution is 2.26. The number of aryl methyl sites for hydroxylation is 2. The summed E-state index contributed by atoms with van der Waals surface area (Å²) >= 11 is 0. The molecule has 7 heteroatoms. The summed E-state index contributed by atoms with van der Waals surface area (Å²) in [6.45, 7) is 6.02. The minimum atomic E-state index is -0.273. The molecule has 0 spiro atoms. The van der Waals surface area contributed by atoms with Gasteiger partial charge in [-0.2, -0.15) is 5.10 Å². The number of furan rings is 1. The van der Waals surface area contributed by atoms with Gasteiger partial charge in [0.25, 0.3) is 0 Å². The van der Waals surface area contributed by atoms with Gasteiger partial charge in [-0.3, -0.25) is 9.67 Å². The molecule has 33 heavy (non-hydrogen) atoms. The first-order valence-corrected chi connectivity index (χ1v) is 11.0. The zero-order valence-electron chi connectivity index (χ0n) is 19.1. The molecule has 5 rings (SSSR count). The number of nitrogens with one attached hydrogen (secondary N) is 1. The van der Waals surface area contributed by atoms with Crippen molar-refractivity contribution in [3.05, 3.63) is 77.6 Å². The number of fused-ring (bicyclic) bond motifs is 1. The lowest BCUT2D eigenvalue weighted by atomic mass is 10.00. The van der Waals surface area contributed by atoms with Gasteiger partial charge >= 0.3 is 0 Å². The highest BCUT2D eigenvalue weighted by molar-refractivity contribution is 6.14. The second-order valence-corrected chi connectivity index (χ2v) is 8.63. The zero-order valence-corrected chi connectivity index (χ0v) is 19.1. The van der Waals surface area contributed by atoms with Crippen molar-refractivity contribution in [3.8, 4) is 11.1 Å². The van der Waals surface area contributed by atoms with E-state index in [9.17, 15) is 4.39 Å². The van der Waals surface area contributed by atoms with Crippen LogP contribution in [-0.4, -0.2) is 27.5 Å². The number of aromatic nitrogens is 2. The molecule has 4 aromatic rings. The second kappa shape index (κ2) is 8.31. The van der Waals surface area contributed by atoms with E-state index in [-0.39, 0.29) is 18.0 Å². The fraction of sp³-hybridized carbons (Fsp3) is 0.269. The van der Waals surface area contributed by atoms with Crippen LogP contribution in [0.1, 0.15) is 43.0 Å². The van der Waals surface area contributed by atoms with Crippen molar-refractivity contribution in [1.82, 2.24) is 15.1 Å². The average molecular weight is 444 g/mol. The number of hydrogen-bond acceptors (Lipinski definition) is 5. The molecule has 6 nitrogen and oxygen atoms in total. The number of amidine groups is 1. The maximum absolute atomic E-state index is 14.4. The smallest absolute Gasteiger partial charge is 0.139 e. The van der Waals surface area contributed by atoms with Crippen LogP contribution in [0.25, 0.3) is 22.1 Å². The Morgan fingerprint density at radius 2 is 1.97 bits per heavy atom. The lowest BCUT2D eigenvalue weighted by Gasteiger charge is -2.23. The number of halogens is 1. The highest BCUT2D eigenvalue weighted by Gasteiger charge is 2.19. The summed E-state index contributed by atoms with van der Waals surface area (Å²) in [4.78, 5) is 9.46. The molecular weight excluding hydrogens is 417 g/mol. The van der Waals surface area contributed by atoms with Crippen LogP contribution in [0.3, 0.4) is 0 Å². The zero-order chi connectivity index (χ0) is 23.1. The van der Waals surface area contributed by atoms with Crippen molar-refractivity contribution in [2.75, 3.05) is 0 Å². The Morgan fingerprint density at radius 1 is 1.12 bits per heavy atom. The molecule has 168 valence electrons. The Kier molecular flexibility index (Phi) is 5.32. The third kappa shape index (κ3) is 4.31. The number of aliphatic imine (C=N–C) groups is 2. The number of hydrogen-bond donors (Lipinski definition) is 1. The number of nitrogens with zero attached hydrogens (tertiary/aromatic N) is 4. The largest absolute Gasteiger partial charge is 0.464 e. The lowest BCUT2D eigenvalue weighted by molar-refractivity contribution is 0.613. The van der Waals surface area contributed by atoms with Gasteiger partial charge in [0, 0.05) is 36.7 Å².